The Bertz CT molecular complexity index is 2070. The van der Waals surface area contributed by atoms with Gasteiger partial charge >= 0.3 is 5.97 Å². The molecule has 31 atom stereocenters. The zero-order chi connectivity index (χ0) is 60.3. The molecule has 3 amide bonds. The molecule has 0 saturated carbocycles. The van der Waals surface area contributed by atoms with Crippen molar-refractivity contribution < 1.29 is 163 Å². The summed E-state index contributed by atoms with van der Waals surface area (Å²) in [7, 11) is 0. The van der Waals surface area contributed by atoms with Crippen molar-refractivity contribution in [3.05, 3.63) is 0 Å². The first-order valence-electron chi connectivity index (χ1n) is 25.6. The Balaban J connectivity index is 1.36. The summed E-state index contributed by atoms with van der Waals surface area (Å²) in [5, 5.41) is 202. The van der Waals surface area contributed by atoms with Crippen LogP contribution in [0.2, 0.25) is 0 Å². The molecule has 468 valence electrons. The van der Waals surface area contributed by atoms with Crippen molar-refractivity contribution >= 4 is 23.7 Å². The van der Waals surface area contributed by atoms with Crippen molar-refractivity contribution in [3.63, 3.8) is 0 Å². The highest BCUT2D eigenvalue weighted by atomic mass is 16.8. The van der Waals surface area contributed by atoms with Crippen LogP contribution in [0.15, 0.2) is 0 Å². The fourth-order valence-electron chi connectivity index (χ4n) is 10.2. The number of carboxylic acids is 1. The Morgan fingerprint density at radius 1 is 0.519 bits per heavy atom. The number of aliphatic hydroxyl groups is 17. The van der Waals surface area contributed by atoms with Crippen LogP contribution >= 0.6 is 0 Å². The van der Waals surface area contributed by atoms with Crippen molar-refractivity contribution in [2.75, 3.05) is 33.0 Å². The molecule has 36 heteroatoms. The molecule has 0 aromatic carbocycles. The first-order valence-corrected chi connectivity index (χ1v) is 25.6. The Kier molecular flexibility index (Phi) is 23.4. The molecule has 0 bridgehead atoms. The monoisotopic (exact) mass is 1190 g/mol. The lowest BCUT2D eigenvalue weighted by Crippen LogP contribution is -2.71. The summed E-state index contributed by atoms with van der Waals surface area (Å²) in [6, 6.07) is -5.41. The predicted molar refractivity (Wildman–Crippen MR) is 250 cm³/mol. The normalized spacial score (nSPS) is 46.7. The molecule has 6 saturated heterocycles. The Morgan fingerprint density at radius 3 is 1.52 bits per heavy atom. The number of hydrogen-bond acceptors (Lipinski definition) is 32. The van der Waals surface area contributed by atoms with Gasteiger partial charge in [-0.3, -0.25) is 14.4 Å². The van der Waals surface area contributed by atoms with Gasteiger partial charge in [0.15, 0.2) is 31.5 Å². The second-order valence-corrected chi connectivity index (χ2v) is 20.4. The minimum absolute atomic E-state index is 0.803. The highest BCUT2D eigenvalue weighted by molar-refractivity contribution is 5.77. The number of carbonyl (C=O) groups excluding carboxylic acids is 3. The molecule has 0 radical (unpaired) electrons. The summed E-state index contributed by atoms with van der Waals surface area (Å²) < 4.78 is 64.3. The summed E-state index contributed by atoms with van der Waals surface area (Å²) in [5.74, 6) is -7.67. The largest absolute Gasteiger partial charge is 0.477 e. The average Bonchev–Trinajstić information content (AvgIpc) is 3.61. The number of ether oxygens (including phenoxy) is 11. The van der Waals surface area contributed by atoms with Gasteiger partial charge in [-0.1, -0.05) is 0 Å². The molecule has 0 aliphatic carbocycles. The lowest BCUT2D eigenvalue weighted by molar-refractivity contribution is -0.402. The highest BCUT2D eigenvalue weighted by Gasteiger charge is 2.60. The number of carbonyl (C=O) groups is 4. The van der Waals surface area contributed by atoms with Crippen molar-refractivity contribution in [3.8, 4) is 0 Å². The van der Waals surface area contributed by atoms with Crippen LogP contribution in [-0.2, 0) is 71.3 Å². The smallest absolute Gasteiger partial charge is 0.364 e. The number of nitrogens with one attached hydrogen (secondary N) is 3. The third kappa shape index (κ3) is 14.7. The second-order valence-electron chi connectivity index (χ2n) is 20.4. The number of amides is 3. The molecule has 81 heavy (non-hydrogen) atoms. The van der Waals surface area contributed by atoms with E-state index in [0.29, 0.717) is 0 Å². The average molecular weight is 1190 g/mol. The van der Waals surface area contributed by atoms with Crippen LogP contribution < -0.4 is 16.0 Å². The van der Waals surface area contributed by atoms with Gasteiger partial charge in [0.2, 0.25) is 17.7 Å². The molecule has 21 N–H and O–H groups in total. The summed E-state index contributed by atoms with van der Waals surface area (Å²) in [4.78, 5) is 50.7. The van der Waals surface area contributed by atoms with Gasteiger partial charge in [-0.15, -0.1) is 0 Å². The van der Waals surface area contributed by atoms with Gasteiger partial charge in [-0.25, -0.2) is 4.79 Å². The molecule has 6 heterocycles. The third-order valence-electron chi connectivity index (χ3n) is 14.6. The zero-order valence-electron chi connectivity index (χ0n) is 43.7. The Labute approximate surface area is 459 Å². The van der Waals surface area contributed by atoms with E-state index in [9.17, 15) is 111 Å². The van der Waals surface area contributed by atoms with Gasteiger partial charge in [0, 0.05) is 27.2 Å². The van der Waals surface area contributed by atoms with E-state index in [4.69, 9.17) is 52.1 Å². The molecule has 36 nitrogen and oxygen atoms in total. The zero-order valence-corrected chi connectivity index (χ0v) is 43.7. The van der Waals surface area contributed by atoms with Crippen LogP contribution in [0.1, 0.15) is 34.1 Å². The quantitative estimate of drug-likeness (QED) is 0.0507. The van der Waals surface area contributed by atoms with Crippen LogP contribution in [0.5, 0.6) is 0 Å². The van der Waals surface area contributed by atoms with E-state index in [1.54, 1.807) is 0 Å². The first kappa shape index (κ1) is 66.9. The molecule has 0 aromatic heterocycles. The maximum atomic E-state index is 13.1. The van der Waals surface area contributed by atoms with E-state index in [0.717, 1.165) is 20.8 Å². The fourth-order valence-corrected chi connectivity index (χ4v) is 10.2. The van der Waals surface area contributed by atoms with E-state index in [2.05, 4.69) is 16.0 Å². The first-order chi connectivity index (χ1) is 38.0. The summed E-state index contributed by atoms with van der Waals surface area (Å²) in [5.41, 5.74) is 0. The molecular formula is C45H75N3O33. The van der Waals surface area contributed by atoms with Crippen LogP contribution in [0.4, 0.5) is 0 Å². The van der Waals surface area contributed by atoms with E-state index in [1.165, 1.54) is 6.92 Å². The fraction of sp³-hybridized carbons (Fsp3) is 0.911. The van der Waals surface area contributed by atoms with Crippen LogP contribution in [-0.4, -0.2) is 338 Å². The summed E-state index contributed by atoms with van der Waals surface area (Å²) in [6.07, 6.45) is -55.2. The van der Waals surface area contributed by atoms with Crippen molar-refractivity contribution in [1.29, 1.82) is 0 Å². The van der Waals surface area contributed by atoms with E-state index in [1.807, 2.05) is 0 Å². The van der Waals surface area contributed by atoms with Gasteiger partial charge in [0.25, 0.3) is 5.79 Å². The molecule has 6 rings (SSSR count). The topological polar surface area (TPSA) is 570 Å². The minimum atomic E-state index is -3.03. The summed E-state index contributed by atoms with van der Waals surface area (Å²) in [6.45, 7) is -1.27. The lowest BCUT2D eigenvalue weighted by atomic mass is 9.88. The maximum absolute atomic E-state index is 13.1. The summed E-state index contributed by atoms with van der Waals surface area (Å²) >= 11 is 0. The van der Waals surface area contributed by atoms with Gasteiger partial charge in [-0.2, -0.15) is 0 Å². The van der Waals surface area contributed by atoms with E-state index < -0.39 is 253 Å². The molecule has 6 aliphatic rings. The number of hydrogen-bond donors (Lipinski definition) is 21. The SMILES string of the molecule is CC(=O)N[C@@H]1[C@@H](O[C@@H]2O[C@H](CO)[C@@H](O)[C@H](O[C@@H]3O[C@H](CO)[C@H](O)[C@H](O[C@H]4O[C@H](CO)[C@H](O)[C@H](O)[C@H]4O)[C@H]3O[C@@H]3O[C@@H](C)[C@@H](O)[C@@H](O)[C@@H]3O)[C@H]2NC(C)=O)[C@@H](O)[C@@H](CO[C@]2(C(=O)O)C[C@H](O)[C@@H](NC(C)=O)[C@H]([C@H](O)[C@H](O)CO)O2)O[C@@H]1O. The third-order valence-corrected chi connectivity index (χ3v) is 14.6. The van der Waals surface area contributed by atoms with Crippen molar-refractivity contribution in [2.24, 2.45) is 0 Å². The van der Waals surface area contributed by atoms with Crippen molar-refractivity contribution in [1.82, 2.24) is 16.0 Å². The molecular weight excluding hydrogens is 1110 g/mol. The van der Waals surface area contributed by atoms with E-state index in [-0.39, 0.29) is 0 Å². The van der Waals surface area contributed by atoms with Crippen LogP contribution in [0.25, 0.3) is 0 Å². The Hall–Kier alpha value is -3.24. The number of carboxylic acid groups (broad SMARTS) is 1. The van der Waals surface area contributed by atoms with E-state index >= 15 is 0 Å². The van der Waals surface area contributed by atoms with Crippen molar-refractivity contribution in [2.45, 2.75) is 224 Å². The van der Waals surface area contributed by atoms with Crippen LogP contribution in [0.3, 0.4) is 0 Å². The minimum Gasteiger partial charge on any atom is -0.477 e. The molecule has 6 aliphatic heterocycles. The molecule has 6 fully saturated rings. The second kappa shape index (κ2) is 28.3. The molecule has 0 aromatic rings. The van der Waals surface area contributed by atoms with Gasteiger partial charge in [0.1, 0.15) is 134 Å². The van der Waals surface area contributed by atoms with Gasteiger partial charge in [0.05, 0.1) is 51.3 Å². The number of aliphatic carboxylic acids is 1. The Morgan fingerprint density at radius 2 is 0.963 bits per heavy atom. The standard InChI is InChI=1S/C45H75N3O33/c1-11-24(58)30(64)32(66)41(72-11)80-38-37(79-42-33(67)31(65)26(60)17(7-50)75-42)28(62)19(9-52)76-43(38)78-35-23(48-14(4)55)40(74-18(8-51)27(35)61)77-34-22(47-13(3)54)39(68)73-20(29(34)63)10-71-45(44(69)70)5-15(56)21(46-12(2)53)36(81-45)25(59)16(57)6-49/h11,15-43,49-52,56-68H,5-10H2,1-4H3,(H,46,53)(H,47,54)(H,48,55)(H,69,70)/t11-,15-,16+,17+,18+,19+,20+,21+,22+,23+,24+,25+,26-,27+,28-,29-,30+,31-,32-,33+,34+,35+,36+,37-,38+,39-,40-,41-,42+,43-,45+/m0/s1. The van der Waals surface area contributed by atoms with Crippen LogP contribution in [0, 0.1) is 0 Å². The molecule has 0 spiro atoms. The van der Waals surface area contributed by atoms with Gasteiger partial charge < -0.3 is 160 Å². The highest BCUT2D eigenvalue weighted by Crippen LogP contribution is 2.39. The number of rotatable bonds is 21. The maximum Gasteiger partial charge on any atom is 0.364 e. The van der Waals surface area contributed by atoms with Gasteiger partial charge in [-0.05, 0) is 6.92 Å². The number of aliphatic hydroxyl groups excluding tert-OH is 17. The lowest BCUT2D eigenvalue weighted by Gasteiger charge is -2.51. The predicted octanol–water partition coefficient (Wildman–Crippen LogP) is -13.4. The molecule has 0 unspecified atom stereocenters.